The fourth-order valence-corrected chi connectivity index (χ4v) is 2.15. The Balaban J connectivity index is 1.87. The lowest BCUT2D eigenvalue weighted by atomic mass is 10.1. The molecule has 2 rings (SSSR count). The van der Waals surface area contributed by atoms with Crippen molar-refractivity contribution < 1.29 is 13.7 Å². The Hall–Kier alpha value is -1.39. The summed E-state index contributed by atoms with van der Waals surface area (Å²) in [6.45, 7) is 4.09. The van der Waals surface area contributed by atoms with E-state index in [-0.39, 0.29) is 11.8 Å². The highest BCUT2D eigenvalue weighted by atomic mass is 19.1. The predicted octanol–water partition coefficient (Wildman–Crippen LogP) is 2.16. The van der Waals surface area contributed by atoms with Crippen LogP contribution >= 0.6 is 0 Å². The maximum absolute atomic E-state index is 12.9. The molecule has 1 amide bonds. The van der Waals surface area contributed by atoms with Crippen LogP contribution in [0.4, 0.5) is 4.39 Å². The highest BCUT2D eigenvalue weighted by molar-refractivity contribution is 5.93. The Morgan fingerprint density at radius 1 is 1.53 bits per heavy atom. The van der Waals surface area contributed by atoms with Gasteiger partial charge in [-0.15, -0.1) is 0 Å². The molecule has 1 aromatic heterocycles. The second kappa shape index (κ2) is 4.85. The SMILES string of the molecule is Cc1onc(C(=O)NCC2CCC(F)C2)c1C. The summed E-state index contributed by atoms with van der Waals surface area (Å²) in [5, 5.41) is 6.50. The maximum atomic E-state index is 12.9. The molecule has 1 aromatic rings. The molecular weight excluding hydrogens is 223 g/mol. The fraction of sp³-hybridized carbons (Fsp3) is 0.667. The third-order valence-corrected chi connectivity index (χ3v) is 3.40. The van der Waals surface area contributed by atoms with Gasteiger partial charge in [0.15, 0.2) is 5.69 Å². The molecular formula is C12H17FN2O2. The Morgan fingerprint density at radius 2 is 2.29 bits per heavy atom. The number of rotatable bonds is 3. The quantitative estimate of drug-likeness (QED) is 0.880. The molecule has 2 atom stereocenters. The first kappa shape index (κ1) is 12.1. The number of aromatic nitrogens is 1. The number of nitrogens with zero attached hydrogens (tertiary/aromatic N) is 1. The molecule has 1 aliphatic rings. The van der Waals surface area contributed by atoms with E-state index in [4.69, 9.17) is 4.52 Å². The van der Waals surface area contributed by atoms with Crippen LogP contribution in [0.3, 0.4) is 0 Å². The van der Waals surface area contributed by atoms with Crippen molar-refractivity contribution in [3.63, 3.8) is 0 Å². The van der Waals surface area contributed by atoms with Gasteiger partial charge in [0.2, 0.25) is 0 Å². The number of aryl methyl sites for hydroxylation is 1. The lowest BCUT2D eigenvalue weighted by Gasteiger charge is -2.09. The smallest absolute Gasteiger partial charge is 0.273 e. The highest BCUT2D eigenvalue weighted by Crippen LogP contribution is 2.27. The van der Waals surface area contributed by atoms with Crippen molar-refractivity contribution in [2.75, 3.05) is 6.54 Å². The van der Waals surface area contributed by atoms with Crippen molar-refractivity contribution in [1.29, 1.82) is 0 Å². The minimum atomic E-state index is -0.701. The minimum absolute atomic E-state index is 0.235. The Kier molecular flexibility index (Phi) is 3.45. The number of hydrogen-bond donors (Lipinski definition) is 1. The van der Waals surface area contributed by atoms with Crippen molar-refractivity contribution in [1.82, 2.24) is 10.5 Å². The summed E-state index contributed by atoms with van der Waals surface area (Å²) in [6, 6.07) is 0. The van der Waals surface area contributed by atoms with Crippen LogP contribution < -0.4 is 5.32 Å². The summed E-state index contributed by atoms with van der Waals surface area (Å²) in [4.78, 5) is 11.8. The molecule has 94 valence electrons. The molecule has 4 nitrogen and oxygen atoms in total. The second-order valence-corrected chi connectivity index (χ2v) is 4.70. The summed E-state index contributed by atoms with van der Waals surface area (Å²) < 4.78 is 17.9. The minimum Gasteiger partial charge on any atom is -0.361 e. The van der Waals surface area contributed by atoms with E-state index in [0.717, 1.165) is 12.0 Å². The van der Waals surface area contributed by atoms with Crippen LogP contribution in [0.15, 0.2) is 4.52 Å². The average Bonchev–Trinajstić information content (AvgIpc) is 2.84. The molecule has 0 bridgehead atoms. The van der Waals surface area contributed by atoms with Crippen molar-refractivity contribution in [3.05, 3.63) is 17.0 Å². The summed E-state index contributed by atoms with van der Waals surface area (Å²) in [5.41, 5.74) is 1.09. The lowest BCUT2D eigenvalue weighted by Crippen LogP contribution is -2.29. The first-order valence-corrected chi connectivity index (χ1v) is 5.93. The number of alkyl halides is 1. The van der Waals surface area contributed by atoms with Crippen molar-refractivity contribution in [3.8, 4) is 0 Å². The predicted molar refractivity (Wildman–Crippen MR) is 60.5 cm³/mol. The first-order valence-electron chi connectivity index (χ1n) is 5.93. The van der Waals surface area contributed by atoms with E-state index in [1.165, 1.54) is 0 Å². The Bertz CT molecular complexity index is 417. The van der Waals surface area contributed by atoms with Gasteiger partial charge in [0.1, 0.15) is 11.9 Å². The second-order valence-electron chi connectivity index (χ2n) is 4.70. The van der Waals surface area contributed by atoms with Crippen molar-refractivity contribution in [2.45, 2.75) is 39.3 Å². The van der Waals surface area contributed by atoms with Gasteiger partial charge in [0.25, 0.3) is 5.91 Å². The zero-order valence-corrected chi connectivity index (χ0v) is 10.1. The third-order valence-electron chi connectivity index (χ3n) is 3.40. The molecule has 17 heavy (non-hydrogen) atoms. The summed E-state index contributed by atoms with van der Waals surface area (Å²) in [6.07, 6.45) is 1.31. The van der Waals surface area contributed by atoms with Gasteiger partial charge in [0.05, 0.1) is 0 Å². The maximum Gasteiger partial charge on any atom is 0.273 e. The monoisotopic (exact) mass is 240 g/mol. The van der Waals surface area contributed by atoms with Crippen LogP contribution in [0.5, 0.6) is 0 Å². The average molecular weight is 240 g/mol. The number of halogens is 1. The summed E-state index contributed by atoms with van der Waals surface area (Å²) >= 11 is 0. The molecule has 0 saturated heterocycles. The van der Waals surface area contributed by atoms with Crippen LogP contribution in [0.1, 0.15) is 41.1 Å². The van der Waals surface area contributed by atoms with Crippen LogP contribution in [-0.2, 0) is 0 Å². The van der Waals surface area contributed by atoms with Crippen molar-refractivity contribution in [2.24, 2.45) is 5.92 Å². The van der Waals surface area contributed by atoms with Crippen LogP contribution in [0.25, 0.3) is 0 Å². The third kappa shape index (κ3) is 2.65. The normalized spacial score (nSPS) is 23.9. The molecule has 1 heterocycles. The molecule has 1 fully saturated rings. The first-order chi connectivity index (χ1) is 8.08. The van der Waals surface area contributed by atoms with Crippen LogP contribution in [0.2, 0.25) is 0 Å². The standard InChI is InChI=1S/C12H17FN2O2/c1-7-8(2)17-15-11(7)12(16)14-6-9-3-4-10(13)5-9/h9-10H,3-6H2,1-2H3,(H,14,16). The van der Waals surface area contributed by atoms with E-state index in [0.29, 0.717) is 30.8 Å². The molecule has 1 saturated carbocycles. The van der Waals surface area contributed by atoms with Crippen molar-refractivity contribution >= 4 is 5.91 Å². The van der Waals surface area contributed by atoms with Gasteiger partial charge in [-0.3, -0.25) is 4.79 Å². The summed E-state index contributed by atoms with van der Waals surface area (Å²) in [5.74, 6) is 0.670. The van der Waals surface area contributed by atoms with Gasteiger partial charge < -0.3 is 9.84 Å². The van der Waals surface area contributed by atoms with Gasteiger partial charge in [0, 0.05) is 12.1 Å². The molecule has 1 N–H and O–H groups in total. The van der Waals surface area contributed by atoms with E-state index in [1.807, 2.05) is 0 Å². The molecule has 5 heteroatoms. The van der Waals surface area contributed by atoms with E-state index in [9.17, 15) is 9.18 Å². The molecule has 0 spiro atoms. The molecule has 2 unspecified atom stereocenters. The molecule has 0 radical (unpaired) electrons. The molecule has 0 aliphatic heterocycles. The summed E-state index contributed by atoms with van der Waals surface area (Å²) in [7, 11) is 0. The number of amides is 1. The highest BCUT2D eigenvalue weighted by Gasteiger charge is 2.25. The van der Waals surface area contributed by atoms with E-state index in [1.54, 1.807) is 13.8 Å². The number of carbonyl (C=O) groups is 1. The van der Waals surface area contributed by atoms with Gasteiger partial charge in [-0.25, -0.2) is 4.39 Å². The fourth-order valence-electron chi connectivity index (χ4n) is 2.15. The van der Waals surface area contributed by atoms with Gasteiger partial charge in [-0.1, -0.05) is 5.16 Å². The Labute approximate surface area is 99.6 Å². The van der Waals surface area contributed by atoms with Gasteiger partial charge in [-0.2, -0.15) is 0 Å². The van der Waals surface area contributed by atoms with Gasteiger partial charge >= 0.3 is 0 Å². The van der Waals surface area contributed by atoms with E-state index < -0.39 is 6.17 Å². The zero-order chi connectivity index (χ0) is 12.4. The Morgan fingerprint density at radius 3 is 2.82 bits per heavy atom. The largest absolute Gasteiger partial charge is 0.361 e. The number of nitrogens with one attached hydrogen (secondary N) is 1. The number of carbonyl (C=O) groups excluding carboxylic acids is 1. The van der Waals surface area contributed by atoms with E-state index in [2.05, 4.69) is 10.5 Å². The van der Waals surface area contributed by atoms with Crippen LogP contribution in [-0.4, -0.2) is 23.8 Å². The topological polar surface area (TPSA) is 55.1 Å². The lowest BCUT2D eigenvalue weighted by molar-refractivity contribution is 0.0937. The van der Waals surface area contributed by atoms with Crippen LogP contribution in [0, 0.1) is 19.8 Å². The van der Waals surface area contributed by atoms with Gasteiger partial charge in [-0.05, 0) is 39.0 Å². The number of hydrogen-bond acceptors (Lipinski definition) is 3. The van der Waals surface area contributed by atoms with E-state index >= 15 is 0 Å². The molecule has 1 aliphatic carbocycles. The molecule has 0 aromatic carbocycles. The zero-order valence-electron chi connectivity index (χ0n) is 10.1.